The molecule has 0 N–H and O–H groups in total. The average molecular weight is 383 g/mol. The van der Waals surface area contributed by atoms with Gasteiger partial charge in [-0.05, 0) is 55.4 Å². The van der Waals surface area contributed by atoms with Crippen molar-refractivity contribution in [2.75, 3.05) is 0 Å². The van der Waals surface area contributed by atoms with Gasteiger partial charge in [0.05, 0.1) is 11.4 Å². The molecule has 0 bridgehead atoms. The summed E-state index contributed by atoms with van der Waals surface area (Å²) in [5.41, 5.74) is 3.24. The van der Waals surface area contributed by atoms with Gasteiger partial charge in [0.15, 0.2) is 0 Å². The molecule has 0 aliphatic heterocycles. The van der Waals surface area contributed by atoms with Crippen molar-refractivity contribution in [3.05, 3.63) is 47.4 Å². The molecule has 3 rings (SSSR count). The van der Waals surface area contributed by atoms with Crippen molar-refractivity contribution in [2.24, 2.45) is 11.8 Å². The Morgan fingerprint density at radius 1 is 0.893 bits per heavy atom. The van der Waals surface area contributed by atoms with E-state index in [0.717, 1.165) is 35.2 Å². The van der Waals surface area contributed by atoms with E-state index in [1.807, 2.05) is 12.1 Å². The highest BCUT2D eigenvalue weighted by atomic mass is 19.1. The second kappa shape index (κ2) is 10.7. The second-order valence-electron chi connectivity index (χ2n) is 8.65. The fraction of sp³-hybridized carbons (Fsp3) is 0.600. The molecular formula is C25H35FN2. The Morgan fingerprint density at radius 2 is 1.64 bits per heavy atom. The Kier molecular flexibility index (Phi) is 8.00. The van der Waals surface area contributed by atoms with Gasteiger partial charge in [-0.1, -0.05) is 76.8 Å². The van der Waals surface area contributed by atoms with E-state index in [0.29, 0.717) is 5.56 Å². The van der Waals surface area contributed by atoms with Gasteiger partial charge in [-0.2, -0.15) is 10.2 Å². The van der Waals surface area contributed by atoms with Crippen LogP contribution in [0.4, 0.5) is 4.39 Å². The summed E-state index contributed by atoms with van der Waals surface area (Å²) < 4.78 is 13.8. The minimum absolute atomic E-state index is 0.190. The maximum atomic E-state index is 13.8. The lowest BCUT2D eigenvalue weighted by molar-refractivity contribution is 0.248. The number of hydrogen-bond donors (Lipinski definition) is 0. The summed E-state index contributed by atoms with van der Waals surface area (Å²) in [6.45, 7) is 4.05. The van der Waals surface area contributed by atoms with E-state index >= 15 is 0 Å². The lowest BCUT2D eigenvalue weighted by atomic mass is 9.78. The highest BCUT2D eigenvalue weighted by Gasteiger charge is 2.20. The van der Waals surface area contributed by atoms with Crippen LogP contribution in [0.3, 0.4) is 0 Å². The first-order valence-corrected chi connectivity index (χ1v) is 11.2. The summed E-state index contributed by atoms with van der Waals surface area (Å²) in [6.07, 6.45) is 14.8. The van der Waals surface area contributed by atoms with Crippen LogP contribution in [0, 0.1) is 24.6 Å². The maximum absolute atomic E-state index is 13.8. The smallest absolute Gasteiger partial charge is 0.126 e. The zero-order chi connectivity index (χ0) is 19.8. The zero-order valence-corrected chi connectivity index (χ0v) is 17.6. The third-order valence-corrected chi connectivity index (χ3v) is 6.43. The van der Waals surface area contributed by atoms with Gasteiger partial charge in [0.2, 0.25) is 0 Å². The molecule has 1 aromatic carbocycles. The van der Waals surface area contributed by atoms with Crippen molar-refractivity contribution >= 4 is 0 Å². The molecule has 0 spiro atoms. The molecule has 3 heteroatoms. The SMILES string of the molecule is CCCCCCC1CCC(CCc2ccc(-c3ccc(C)c(F)c3)nn2)CC1. The van der Waals surface area contributed by atoms with Gasteiger partial charge in [0, 0.05) is 5.56 Å². The molecule has 0 unspecified atom stereocenters. The van der Waals surface area contributed by atoms with E-state index in [-0.39, 0.29) is 5.82 Å². The zero-order valence-electron chi connectivity index (χ0n) is 17.6. The number of aryl methyl sites for hydroxylation is 2. The highest BCUT2D eigenvalue weighted by molar-refractivity contribution is 5.59. The molecule has 1 aromatic heterocycles. The number of halogens is 1. The number of benzene rings is 1. The lowest BCUT2D eigenvalue weighted by Gasteiger charge is -2.28. The van der Waals surface area contributed by atoms with Crippen LogP contribution in [0.25, 0.3) is 11.3 Å². The monoisotopic (exact) mass is 382 g/mol. The summed E-state index contributed by atoms with van der Waals surface area (Å²) in [5.74, 6) is 1.63. The highest BCUT2D eigenvalue weighted by Crippen LogP contribution is 2.34. The molecule has 0 saturated heterocycles. The predicted molar refractivity (Wildman–Crippen MR) is 115 cm³/mol. The summed E-state index contributed by atoms with van der Waals surface area (Å²) in [6, 6.07) is 9.27. The van der Waals surface area contributed by atoms with E-state index in [1.165, 1.54) is 64.2 Å². The quantitative estimate of drug-likeness (QED) is 0.425. The van der Waals surface area contributed by atoms with Crippen LogP contribution in [0.1, 0.15) is 82.4 Å². The number of unbranched alkanes of at least 4 members (excludes halogenated alkanes) is 3. The van der Waals surface area contributed by atoms with E-state index < -0.39 is 0 Å². The molecule has 1 aliphatic carbocycles. The van der Waals surface area contributed by atoms with Gasteiger partial charge >= 0.3 is 0 Å². The molecule has 1 fully saturated rings. The van der Waals surface area contributed by atoms with Crippen molar-refractivity contribution in [3.8, 4) is 11.3 Å². The topological polar surface area (TPSA) is 25.8 Å². The van der Waals surface area contributed by atoms with Crippen molar-refractivity contribution < 1.29 is 4.39 Å². The van der Waals surface area contributed by atoms with E-state index in [2.05, 4.69) is 23.2 Å². The Bertz CT molecular complexity index is 718. The molecule has 1 aliphatic rings. The Labute approximate surface area is 170 Å². The number of rotatable bonds is 9. The van der Waals surface area contributed by atoms with E-state index in [1.54, 1.807) is 19.1 Å². The van der Waals surface area contributed by atoms with E-state index in [4.69, 9.17) is 0 Å². The number of hydrogen-bond acceptors (Lipinski definition) is 2. The minimum Gasteiger partial charge on any atom is -0.207 e. The molecule has 1 heterocycles. The Hall–Kier alpha value is -1.77. The van der Waals surface area contributed by atoms with Crippen molar-refractivity contribution in [1.82, 2.24) is 10.2 Å². The first-order valence-electron chi connectivity index (χ1n) is 11.2. The normalized spacial score (nSPS) is 19.7. The number of aromatic nitrogens is 2. The first kappa shape index (κ1) is 21.0. The molecule has 2 nitrogen and oxygen atoms in total. The molecule has 0 atom stereocenters. The van der Waals surface area contributed by atoms with Crippen molar-refractivity contribution in [3.63, 3.8) is 0 Å². The molecule has 28 heavy (non-hydrogen) atoms. The summed E-state index contributed by atoms with van der Waals surface area (Å²) in [5, 5.41) is 8.72. The molecule has 0 radical (unpaired) electrons. The van der Waals surface area contributed by atoms with Gasteiger partial charge in [-0.25, -0.2) is 4.39 Å². The molecule has 0 amide bonds. The Balaban J connectivity index is 1.41. The van der Waals surface area contributed by atoms with Gasteiger partial charge in [0.25, 0.3) is 0 Å². The Morgan fingerprint density at radius 3 is 2.29 bits per heavy atom. The van der Waals surface area contributed by atoms with Gasteiger partial charge < -0.3 is 0 Å². The first-order chi connectivity index (χ1) is 13.7. The summed E-state index contributed by atoms with van der Waals surface area (Å²) >= 11 is 0. The van der Waals surface area contributed by atoms with Crippen LogP contribution < -0.4 is 0 Å². The molecule has 152 valence electrons. The predicted octanol–water partition coefficient (Wildman–Crippen LogP) is 7.30. The summed E-state index contributed by atoms with van der Waals surface area (Å²) in [7, 11) is 0. The standard InChI is InChI=1S/C25H35FN2/c1-3-4-5-6-7-20-9-11-21(12-10-20)13-15-23-16-17-25(28-27-23)22-14-8-19(2)24(26)18-22/h8,14,16-18,20-21H,3-7,9-13,15H2,1-2H3. The summed E-state index contributed by atoms with van der Waals surface area (Å²) in [4.78, 5) is 0. The van der Waals surface area contributed by atoms with Crippen molar-refractivity contribution in [2.45, 2.75) is 84.5 Å². The van der Waals surface area contributed by atoms with Gasteiger partial charge in [0.1, 0.15) is 5.82 Å². The minimum atomic E-state index is -0.190. The maximum Gasteiger partial charge on any atom is 0.126 e. The molecule has 2 aromatic rings. The molecular weight excluding hydrogens is 347 g/mol. The van der Waals surface area contributed by atoms with Gasteiger partial charge in [-0.15, -0.1) is 0 Å². The van der Waals surface area contributed by atoms with E-state index in [9.17, 15) is 4.39 Å². The second-order valence-corrected chi connectivity index (χ2v) is 8.65. The number of nitrogens with zero attached hydrogens (tertiary/aromatic N) is 2. The fourth-order valence-electron chi connectivity index (χ4n) is 4.42. The lowest BCUT2D eigenvalue weighted by Crippen LogP contribution is -2.15. The van der Waals surface area contributed by atoms with Crippen LogP contribution in [0.2, 0.25) is 0 Å². The van der Waals surface area contributed by atoms with Crippen molar-refractivity contribution in [1.29, 1.82) is 0 Å². The van der Waals surface area contributed by atoms with Gasteiger partial charge in [-0.3, -0.25) is 0 Å². The average Bonchev–Trinajstić information content (AvgIpc) is 2.73. The third kappa shape index (κ3) is 6.12. The van der Waals surface area contributed by atoms with Crippen LogP contribution in [0.15, 0.2) is 30.3 Å². The van der Waals surface area contributed by atoms with Crippen LogP contribution in [0.5, 0.6) is 0 Å². The van der Waals surface area contributed by atoms with Crippen LogP contribution >= 0.6 is 0 Å². The molecule has 1 saturated carbocycles. The largest absolute Gasteiger partial charge is 0.207 e. The fourth-order valence-corrected chi connectivity index (χ4v) is 4.42. The van der Waals surface area contributed by atoms with Crippen LogP contribution in [-0.2, 0) is 6.42 Å². The third-order valence-electron chi connectivity index (χ3n) is 6.43. The van der Waals surface area contributed by atoms with Crippen LogP contribution in [-0.4, -0.2) is 10.2 Å².